The first kappa shape index (κ1) is 14.3. The third-order valence-corrected chi connectivity index (χ3v) is 3.98. The fraction of sp³-hybridized carbons (Fsp3) is 0.0714. The van der Waals surface area contributed by atoms with Crippen molar-refractivity contribution in [3.63, 3.8) is 0 Å². The highest BCUT2D eigenvalue weighted by Gasteiger charge is 2.32. The number of pyridine rings is 1. The van der Waals surface area contributed by atoms with Crippen molar-refractivity contribution in [3.05, 3.63) is 50.2 Å². The van der Waals surface area contributed by atoms with Crippen LogP contribution in [-0.4, -0.2) is 23.5 Å². The number of anilines is 1. The maximum atomic E-state index is 12.3. The molecule has 1 aliphatic rings. The monoisotopic (exact) mass is 363 g/mol. The molecule has 0 saturated carbocycles. The number of benzene rings is 1. The largest absolute Gasteiger partial charge is 0.497 e. The van der Waals surface area contributed by atoms with Gasteiger partial charge in [0.2, 0.25) is 0 Å². The van der Waals surface area contributed by atoms with Crippen LogP contribution in [0.2, 0.25) is 0 Å². The number of hydrogen-bond donors (Lipinski definition) is 2. The summed E-state index contributed by atoms with van der Waals surface area (Å²) in [5.41, 5.74) is 5.89. The quantitative estimate of drug-likeness (QED) is 0.776. The van der Waals surface area contributed by atoms with E-state index in [1.54, 1.807) is 18.2 Å². The molecular formula is C14H10BrN3O4. The van der Waals surface area contributed by atoms with Gasteiger partial charge in [-0.25, -0.2) is 0 Å². The van der Waals surface area contributed by atoms with Crippen LogP contribution in [0.15, 0.2) is 33.5 Å². The Morgan fingerprint density at radius 1 is 1.18 bits per heavy atom. The van der Waals surface area contributed by atoms with Crippen LogP contribution >= 0.6 is 15.9 Å². The molecule has 7 nitrogen and oxygen atoms in total. The predicted molar refractivity (Wildman–Crippen MR) is 82.5 cm³/mol. The van der Waals surface area contributed by atoms with E-state index in [1.165, 1.54) is 11.7 Å². The Bertz CT molecular complexity index is 888. The summed E-state index contributed by atoms with van der Waals surface area (Å²) >= 11 is 3.34. The molecule has 3 N–H and O–H groups in total. The van der Waals surface area contributed by atoms with Gasteiger partial charge in [-0.05, 0) is 34.1 Å². The van der Waals surface area contributed by atoms with Crippen LogP contribution in [-0.2, 0) is 0 Å². The first-order chi connectivity index (χ1) is 10.4. The van der Waals surface area contributed by atoms with Gasteiger partial charge in [0.05, 0.1) is 23.9 Å². The second-order valence-electron chi connectivity index (χ2n) is 4.59. The van der Waals surface area contributed by atoms with E-state index in [-0.39, 0.29) is 16.9 Å². The zero-order valence-electron chi connectivity index (χ0n) is 11.3. The van der Waals surface area contributed by atoms with E-state index < -0.39 is 17.4 Å². The Morgan fingerprint density at radius 2 is 1.91 bits per heavy atom. The number of ether oxygens (including phenoxy) is 1. The molecule has 0 radical (unpaired) electrons. The number of nitrogens with zero attached hydrogens (tertiary/aromatic N) is 1. The van der Waals surface area contributed by atoms with E-state index in [1.807, 2.05) is 0 Å². The van der Waals surface area contributed by atoms with Crippen molar-refractivity contribution >= 4 is 33.6 Å². The van der Waals surface area contributed by atoms with Crippen molar-refractivity contribution in [1.82, 2.24) is 9.88 Å². The van der Waals surface area contributed by atoms with Gasteiger partial charge >= 0.3 is 0 Å². The number of nitrogen functional groups attached to an aromatic ring is 1. The van der Waals surface area contributed by atoms with E-state index in [0.717, 1.165) is 6.07 Å². The molecule has 8 heteroatoms. The van der Waals surface area contributed by atoms with Crippen LogP contribution in [0.1, 0.15) is 20.7 Å². The number of halogens is 1. The first-order valence-electron chi connectivity index (χ1n) is 6.19. The third kappa shape index (κ3) is 2.00. The number of fused-ring (bicyclic) bond motifs is 1. The number of nitrogens with two attached hydrogens (primary N) is 1. The molecule has 0 atom stereocenters. The minimum Gasteiger partial charge on any atom is -0.497 e. The number of imide groups is 1. The standard InChI is InChI=1S/C14H10BrN3O4/c1-22-6-2-3-9(8(15)4-6)18-10(19)5-7-11(12(18)16)14(21)17-13(7)20/h2-5H,16H2,1H3,(H,17,20,21). The lowest BCUT2D eigenvalue weighted by Crippen LogP contribution is -2.24. The molecule has 2 aromatic rings. The van der Waals surface area contributed by atoms with Crippen molar-refractivity contribution in [1.29, 1.82) is 0 Å². The summed E-state index contributed by atoms with van der Waals surface area (Å²) in [7, 11) is 1.52. The SMILES string of the molecule is COc1ccc(-n2c(N)c3c(cc2=O)C(=O)NC3=O)c(Br)c1. The summed E-state index contributed by atoms with van der Waals surface area (Å²) < 4.78 is 6.82. The highest BCUT2D eigenvalue weighted by atomic mass is 79.9. The van der Waals surface area contributed by atoms with E-state index in [2.05, 4.69) is 21.2 Å². The lowest BCUT2D eigenvalue weighted by molar-refractivity contribution is 0.0880. The van der Waals surface area contributed by atoms with Crippen LogP contribution in [0.3, 0.4) is 0 Å². The van der Waals surface area contributed by atoms with Gasteiger partial charge in [0.25, 0.3) is 17.4 Å². The molecule has 3 rings (SSSR count). The van der Waals surface area contributed by atoms with Crippen molar-refractivity contribution in [3.8, 4) is 11.4 Å². The van der Waals surface area contributed by atoms with E-state index in [4.69, 9.17) is 10.5 Å². The molecule has 0 aliphatic carbocycles. The van der Waals surface area contributed by atoms with Gasteiger partial charge < -0.3 is 10.5 Å². The van der Waals surface area contributed by atoms with Gasteiger partial charge in [-0.2, -0.15) is 0 Å². The molecular weight excluding hydrogens is 354 g/mol. The van der Waals surface area contributed by atoms with E-state index in [0.29, 0.717) is 15.9 Å². The third-order valence-electron chi connectivity index (χ3n) is 3.35. The molecule has 0 unspecified atom stereocenters. The Kier molecular flexibility index (Phi) is 3.25. The van der Waals surface area contributed by atoms with Gasteiger partial charge in [-0.3, -0.25) is 24.3 Å². The molecule has 1 aliphatic heterocycles. The van der Waals surface area contributed by atoms with Gasteiger partial charge in [-0.15, -0.1) is 0 Å². The number of hydrogen-bond acceptors (Lipinski definition) is 5. The molecule has 22 heavy (non-hydrogen) atoms. The fourth-order valence-electron chi connectivity index (χ4n) is 2.32. The van der Waals surface area contributed by atoms with Gasteiger partial charge in [0.1, 0.15) is 11.6 Å². The van der Waals surface area contributed by atoms with Crippen LogP contribution in [0.25, 0.3) is 5.69 Å². The number of methoxy groups -OCH3 is 1. The van der Waals surface area contributed by atoms with Crippen molar-refractivity contribution in [2.45, 2.75) is 0 Å². The average Bonchev–Trinajstić information content (AvgIpc) is 2.75. The maximum absolute atomic E-state index is 12.3. The van der Waals surface area contributed by atoms with Gasteiger partial charge in [0.15, 0.2) is 0 Å². The molecule has 0 saturated heterocycles. The van der Waals surface area contributed by atoms with E-state index >= 15 is 0 Å². The number of rotatable bonds is 2. The second kappa shape index (κ2) is 4.99. The lowest BCUT2D eigenvalue weighted by Gasteiger charge is -2.14. The maximum Gasteiger partial charge on any atom is 0.262 e. The molecule has 112 valence electrons. The minimum atomic E-state index is -0.621. The number of carbonyl (C=O) groups excluding carboxylic acids is 2. The highest BCUT2D eigenvalue weighted by molar-refractivity contribution is 9.10. The first-order valence-corrected chi connectivity index (χ1v) is 6.98. The topological polar surface area (TPSA) is 103 Å². The smallest absolute Gasteiger partial charge is 0.262 e. The van der Waals surface area contributed by atoms with Crippen molar-refractivity contribution in [2.24, 2.45) is 0 Å². The molecule has 0 fully saturated rings. The summed E-state index contributed by atoms with van der Waals surface area (Å²) in [5, 5.41) is 2.12. The Balaban J connectivity index is 2.30. The van der Waals surface area contributed by atoms with E-state index in [9.17, 15) is 14.4 Å². The van der Waals surface area contributed by atoms with Gasteiger partial charge in [-0.1, -0.05) is 0 Å². The van der Waals surface area contributed by atoms with Crippen LogP contribution in [0, 0.1) is 0 Å². The zero-order valence-corrected chi connectivity index (χ0v) is 12.9. The summed E-state index contributed by atoms with van der Waals surface area (Å²) in [6, 6.07) is 6.05. The predicted octanol–water partition coefficient (Wildman–Crippen LogP) is 1.07. The normalized spacial score (nSPS) is 13.0. The second-order valence-corrected chi connectivity index (χ2v) is 5.45. The number of carbonyl (C=O) groups is 2. The van der Waals surface area contributed by atoms with Crippen LogP contribution in [0.4, 0.5) is 5.82 Å². The molecule has 1 aromatic carbocycles. The average molecular weight is 364 g/mol. The summed E-state index contributed by atoms with van der Waals surface area (Å²) in [4.78, 5) is 35.7. The summed E-state index contributed by atoms with van der Waals surface area (Å²) in [6.45, 7) is 0. The van der Waals surface area contributed by atoms with Crippen LogP contribution < -0.4 is 21.3 Å². The fourth-order valence-corrected chi connectivity index (χ4v) is 2.86. The number of aromatic nitrogens is 1. The summed E-state index contributed by atoms with van der Waals surface area (Å²) in [6.07, 6.45) is 0. The molecule has 1 aromatic heterocycles. The van der Waals surface area contributed by atoms with Crippen molar-refractivity contribution < 1.29 is 14.3 Å². The van der Waals surface area contributed by atoms with Crippen molar-refractivity contribution in [2.75, 3.05) is 12.8 Å². The summed E-state index contributed by atoms with van der Waals surface area (Å²) in [5.74, 6) is -0.728. The molecule has 2 amide bonds. The molecule has 2 heterocycles. The zero-order chi connectivity index (χ0) is 16.0. The van der Waals surface area contributed by atoms with Crippen LogP contribution in [0.5, 0.6) is 5.75 Å². The Labute approximate surface area is 132 Å². The molecule has 0 bridgehead atoms. The Hall–Kier alpha value is -2.61. The molecule has 0 spiro atoms. The minimum absolute atomic E-state index is 0.00613. The lowest BCUT2D eigenvalue weighted by atomic mass is 10.1. The Morgan fingerprint density at radius 3 is 2.55 bits per heavy atom. The number of amides is 2. The highest BCUT2D eigenvalue weighted by Crippen LogP contribution is 2.29. The number of nitrogens with one attached hydrogen (secondary N) is 1. The van der Waals surface area contributed by atoms with Gasteiger partial charge in [0, 0.05) is 10.5 Å².